The largest absolute Gasteiger partial charge is 0.312 e. The first-order valence-electron chi connectivity index (χ1n) is 8.36. The summed E-state index contributed by atoms with van der Waals surface area (Å²) >= 11 is 0. The molecule has 3 aromatic rings. The zero-order valence-electron chi connectivity index (χ0n) is 14.2. The number of likely N-dealkylation sites (N-methyl/N-ethyl adjacent to an activating group) is 1. The van der Waals surface area contributed by atoms with Crippen LogP contribution in [0.2, 0.25) is 0 Å². The molecule has 0 aliphatic rings. The van der Waals surface area contributed by atoms with E-state index in [2.05, 4.69) is 24.3 Å². The maximum absolute atomic E-state index is 12.5. The molecule has 0 atom stereocenters. The van der Waals surface area contributed by atoms with Gasteiger partial charge in [0.1, 0.15) is 0 Å². The van der Waals surface area contributed by atoms with Crippen LogP contribution in [0.1, 0.15) is 17.0 Å². The molecule has 0 aliphatic heterocycles. The average molecular weight is 327 g/mol. The first kappa shape index (κ1) is 16.7. The number of hydrogen-bond donors (Lipinski definition) is 0. The van der Waals surface area contributed by atoms with E-state index in [4.69, 9.17) is 0 Å². The summed E-state index contributed by atoms with van der Waals surface area (Å²) in [4.78, 5) is 14.2. The van der Waals surface area contributed by atoms with Gasteiger partial charge in [-0.25, -0.2) is 0 Å². The summed E-state index contributed by atoms with van der Waals surface area (Å²) < 4.78 is 0. The number of amides is 1. The number of rotatable bonds is 5. The molecule has 0 N–H and O–H groups in total. The highest BCUT2D eigenvalue weighted by atomic mass is 16.2. The average Bonchev–Trinajstić information content (AvgIpc) is 2.70. The predicted octanol–water partition coefficient (Wildman–Crippen LogP) is 5.04. The molecular formula is C23H21NO. The summed E-state index contributed by atoms with van der Waals surface area (Å²) in [5.74, 6) is 0.0126. The SMILES string of the molecule is CN(C(=O)/C=C/C(c1ccccc1)c1ccccc1)c1ccccc1. The lowest BCUT2D eigenvalue weighted by molar-refractivity contribution is -0.113. The van der Waals surface area contributed by atoms with Gasteiger partial charge in [-0.1, -0.05) is 84.9 Å². The summed E-state index contributed by atoms with van der Waals surface area (Å²) in [6.45, 7) is 0. The highest BCUT2D eigenvalue weighted by molar-refractivity contribution is 6.01. The van der Waals surface area contributed by atoms with Crippen LogP contribution in [-0.4, -0.2) is 13.0 Å². The Morgan fingerprint density at radius 3 is 1.68 bits per heavy atom. The van der Waals surface area contributed by atoms with Crippen molar-refractivity contribution in [2.75, 3.05) is 11.9 Å². The molecule has 25 heavy (non-hydrogen) atoms. The first-order valence-corrected chi connectivity index (χ1v) is 8.36. The molecule has 0 radical (unpaired) electrons. The molecule has 2 heteroatoms. The van der Waals surface area contributed by atoms with Gasteiger partial charge in [0.2, 0.25) is 5.91 Å². The van der Waals surface area contributed by atoms with Gasteiger partial charge >= 0.3 is 0 Å². The highest BCUT2D eigenvalue weighted by Crippen LogP contribution is 2.26. The van der Waals surface area contributed by atoms with Crippen LogP contribution in [0.25, 0.3) is 0 Å². The molecule has 0 bridgehead atoms. The van der Waals surface area contributed by atoms with Crippen LogP contribution in [-0.2, 0) is 4.79 Å². The van der Waals surface area contributed by atoms with Gasteiger partial charge in [-0.2, -0.15) is 0 Å². The second-order valence-corrected chi connectivity index (χ2v) is 5.89. The molecule has 0 unspecified atom stereocenters. The van der Waals surface area contributed by atoms with Gasteiger partial charge in [0, 0.05) is 24.7 Å². The molecule has 0 saturated carbocycles. The second-order valence-electron chi connectivity index (χ2n) is 5.89. The highest BCUT2D eigenvalue weighted by Gasteiger charge is 2.12. The Balaban J connectivity index is 1.85. The Bertz CT molecular complexity index is 786. The number of anilines is 1. The summed E-state index contributed by atoms with van der Waals surface area (Å²) in [7, 11) is 1.79. The third-order valence-electron chi connectivity index (χ3n) is 4.22. The van der Waals surface area contributed by atoms with Crippen molar-refractivity contribution in [1.29, 1.82) is 0 Å². The lowest BCUT2D eigenvalue weighted by atomic mass is 9.91. The topological polar surface area (TPSA) is 20.3 Å². The van der Waals surface area contributed by atoms with Crippen molar-refractivity contribution in [3.05, 3.63) is 114 Å². The van der Waals surface area contributed by atoms with Crippen molar-refractivity contribution in [1.82, 2.24) is 0 Å². The van der Waals surface area contributed by atoms with Gasteiger partial charge in [-0.15, -0.1) is 0 Å². The minimum absolute atomic E-state index is 0.0388. The van der Waals surface area contributed by atoms with Crippen LogP contribution in [0.3, 0.4) is 0 Å². The number of carbonyl (C=O) groups is 1. The lowest BCUT2D eigenvalue weighted by Gasteiger charge is -2.17. The standard InChI is InChI=1S/C23H21NO/c1-24(21-15-9-4-10-16-21)23(25)18-17-22(19-11-5-2-6-12-19)20-13-7-3-8-14-20/h2-18,22H,1H3/b18-17+. The Morgan fingerprint density at radius 2 is 1.20 bits per heavy atom. The van der Waals surface area contributed by atoms with Crippen molar-refractivity contribution in [3.8, 4) is 0 Å². The third kappa shape index (κ3) is 4.24. The van der Waals surface area contributed by atoms with Crippen LogP contribution >= 0.6 is 0 Å². The summed E-state index contributed by atoms with van der Waals surface area (Å²) in [5.41, 5.74) is 3.22. The van der Waals surface area contributed by atoms with Gasteiger partial charge in [0.15, 0.2) is 0 Å². The molecule has 3 aromatic carbocycles. The molecule has 3 rings (SSSR count). The third-order valence-corrected chi connectivity index (χ3v) is 4.22. The zero-order chi connectivity index (χ0) is 17.5. The quantitative estimate of drug-likeness (QED) is 0.601. The second kappa shape index (κ2) is 8.11. The Labute approximate surface area is 149 Å². The summed E-state index contributed by atoms with van der Waals surface area (Å²) in [5, 5.41) is 0. The molecule has 0 aliphatic carbocycles. The lowest BCUT2D eigenvalue weighted by Crippen LogP contribution is -2.24. The Hall–Kier alpha value is -3.13. The van der Waals surface area contributed by atoms with E-state index in [9.17, 15) is 4.79 Å². The van der Waals surface area contributed by atoms with Gasteiger partial charge < -0.3 is 4.90 Å². The smallest absolute Gasteiger partial charge is 0.250 e. The molecule has 1 amide bonds. The van der Waals surface area contributed by atoms with E-state index in [1.165, 1.54) is 11.1 Å². The Morgan fingerprint density at radius 1 is 0.760 bits per heavy atom. The molecule has 0 aromatic heterocycles. The molecular weight excluding hydrogens is 306 g/mol. The number of hydrogen-bond acceptors (Lipinski definition) is 1. The normalized spacial score (nSPS) is 11.0. The number of carbonyl (C=O) groups excluding carboxylic acids is 1. The van der Waals surface area contributed by atoms with Crippen molar-refractivity contribution in [2.45, 2.75) is 5.92 Å². The van der Waals surface area contributed by atoms with E-state index in [-0.39, 0.29) is 11.8 Å². The fourth-order valence-electron chi connectivity index (χ4n) is 2.80. The number of nitrogens with zero attached hydrogens (tertiary/aromatic N) is 1. The maximum Gasteiger partial charge on any atom is 0.250 e. The maximum atomic E-state index is 12.5. The minimum Gasteiger partial charge on any atom is -0.312 e. The molecule has 0 spiro atoms. The van der Waals surface area contributed by atoms with E-state index < -0.39 is 0 Å². The predicted molar refractivity (Wildman–Crippen MR) is 104 cm³/mol. The van der Waals surface area contributed by atoms with E-state index in [1.54, 1.807) is 18.0 Å². The Kier molecular flexibility index (Phi) is 5.43. The molecule has 0 heterocycles. The number of allylic oxidation sites excluding steroid dienone is 1. The van der Waals surface area contributed by atoms with Crippen molar-refractivity contribution in [3.63, 3.8) is 0 Å². The first-order chi connectivity index (χ1) is 12.3. The fraction of sp³-hybridized carbons (Fsp3) is 0.0870. The van der Waals surface area contributed by atoms with Gasteiger partial charge in [0.25, 0.3) is 0 Å². The van der Waals surface area contributed by atoms with Crippen LogP contribution < -0.4 is 4.90 Å². The summed E-state index contributed by atoms with van der Waals surface area (Å²) in [6, 6.07) is 30.1. The number of para-hydroxylation sites is 1. The monoisotopic (exact) mass is 327 g/mol. The van der Waals surface area contributed by atoms with Crippen molar-refractivity contribution >= 4 is 11.6 Å². The fourth-order valence-corrected chi connectivity index (χ4v) is 2.80. The molecule has 0 saturated heterocycles. The van der Waals surface area contributed by atoms with Crippen LogP contribution in [0, 0.1) is 0 Å². The van der Waals surface area contributed by atoms with E-state index in [0.717, 1.165) is 5.69 Å². The van der Waals surface area contributed by atoms with Gasteiger partial charge in [0.05, 0.1) is 0 Å². The number of benzene rings is 3. The molecule has 2 nitrogen and oxygen atoms in total. The van der Waals surface area contributed by atoms with Crippen molar-refractivity contribution < 1.29 is 4.79 Å². The van der Waals surface area contributed by atoms with Crippen LogP contribution in [0.15, 0.2) is 103 Å². The van der Waals surface area contributed by atoms with Crippen molar-refractivity contribution in [2.24, 2.45) is 0 Å². The van der Waals surface area contributed by atoms with Crippen LogP contribution in [0.4, 0.5) is 5.69 Å². The zero-order valence-corrected chi connectivity index (χ0v) is 14.2. The molecule has 0 fully saturated rings. The van der Waals surface area contributed by atoms with Gasteiger partial charge in [-0.05, 0) is 23.3 Å². The van der Waals surface area contributed by atoms with Gasteiger partial charge in [-0.3, -0.25) is 4.79 Å². The van der Waals surface area contributed by atoms with E-state index in [1.807, 2.05) is 72.8 Å². The van der Waals surface area contributed by atoms with Crippen LogP contribution in [0.5, 0.6) is 0 Å². The van der Waals surface area contributed by atoms with E-state index in [0.29, 0.717) is 0 Å². The minimum atomic E-state index is -0.0388. The van der Waals surface area contributed by atoms with E-state index >= 15 is 0 Å². The summed E-state index contributed by atoms with van der Waals surface area (Å²) in [6.07, 6.45) is 3.64. The molecule has 124 valence electrons.